The Morgan fingerprint density at radius 3 is 2.32 bits per heavy atom. The Balaban J connectivity index is 1.19. The average molecular weight is 509 g/mol. The number of rotatable bonds is 2. The molecule has 2 aromatic rings. The SMILES string of the molecule is CC(C)(C)OC(=O)N1CCC2(CCc3nc(-c4ccc(NC(=O)N5CCOCC5)cc4)ccc3O2)CC1. The Morgan fingerprint density at radius 2 is 1.65 bits per heavy atom. The Hall–Kier alpha value is -3.33. The monoisotopic (exact) mass is 508 g/mol. The lowest BCUT2D eigenvalue weighted by molar-refractivity contribution is -0.0278. The number of ether oxygens (including phenoxy) is 3. The van der Waals surface area contributed by atoms with E-state index >= 15 is 0 Å². The molecule has 2 saturated heterocycles. The number of hydrogen-bond donors (Lipinski definition) is 1. The molecule has 1 spiro atoms. The van der Waals surface area contributed by atoms with Crippen LogP contribution >= 0.6 is 0 Å². The molecule has 0 saturated carbocycles. The van der Waals surface area contributed by atoms with Crippen molar-refractivity contribution in [3.8, 4) is 17.0 Å². The number of pyridine rings is 1. The van der Waals surface area contributed by atoms with Crippen molar-refractivity contribution in [2.24, 2.45) is 0 Å². The molecule has 1 aromatic heterocycles. The molecular weight excluding hydrogens is 472 g/mol. The van der Waals surface area contributed by atoms with Gasteiger partial charge in [-0.15, -0.1) is 0 Å². The molecule has 0 radical (unpaired) electrons. The van der Waals surface area contributed by atoms with Gasteiger partial charge in [0.25, 0.3) is 0 Å². The molecule has 2 fully saturated rings. The minimum atomic E-state index is -0.493. The zero-order chi connectivity index (χ0) is 26.0. The molecule has 3 aliphatic heterocycles. The fourth-order valence-corrected chi connectivity index (χ4v) is 5.02. The molecule has 1 aromatic carbocycles. The molecule has 198 valence electrons. The van der Waals surface area contributed by atoms with Crippen LogP contribution in [0.3, 0.4) is 0 Å². The van der Waals surface area contributed by atoms with E-state index in [0.717, 1.165) is 54.1 Å². The third-order valence-electron chi connectivity index (χ3n) is 7.13. The molecule has 0 bridgehead atoms. The maximum atomic E-state index is 12.4. The van der Waals surface area contributed by atoms with E-state index in [-0.39, 0.29) is 17.7 Å². The van der Waals surface area contributed by atoms with E-state index in [4.69, 9.17) is 19.2 Å². The number of morpholine rings is 1. The standard InChI is InChI=1S/C28H36N4O5/c1-27(2,3)37-26(34)32-14-12-28(13-15-32)11-10-23-24(36-28)9-8-22(30-23)20-4-6-21(7-5-20)29-25(33)31-16-18-35-19-17-31/h4-9H,10-19H2,1-3H3,(H,29,33). The fourth-order valence-electron chi connectivity index (χ4n) is 5.02. The number of nitrogens with zero attached hydrogens (tertiary/aromatic N) is 3. The number of nitrogens with one attached hydrogen (secondary N) is 1. The first-order valence-electron chi connectivity index (χ1n) is 13.1. The van der Waals surface area contributed by atoms with Gasteiger partial charge in [-0.2, -0.15) is 0 Å². The number of anilines is 1. The van der Waals surface area contributed by atoms with Crippen LogP contribution in [0.5, 0.6) is 5.75 Å². The van der Waals surface area contributed by atoms with Crippen LogP contribution in [0, 0.1) is 0 Å². The zero-order valence-corrected chi connectivity index (χ0v) is 21.9. The minimum absolute atomic E-state index is 0.106. The number of hydrogen-bond acceptors (Lipinski definition) is 6. The first-order valence-corrected chi connectivity index (χ1v) is 13.1. The fraction of sp³-hybridized carbons (Fsp3) is 0.536. The second-order valence-corrected chi connectivity index (χ2v) is 11.0. The highest BCUT2D eigenvalue weighted by Gasteiger charge is 2.41. The Labute approximate surface area is 218 Å². The second-order valence-electron chi connectivity index (χ2n) is 11.0. The predicted molar refractivity (Wildman–Crippen MR) is 140 cm³/mol. The van der Waals surface area contributed by atoms with Gasteiger partial charge in [-0.05, 0) is 57.9 Å². The Morgan fingerprint density at radius 1 is 0.946 bits per heavy atom. The van der Waals surface area contributed by atoms with Crippen molar-refractivity contribution >= 4 is 17.8 Å². The van der Waals surface area contributed by atoms with Crippen LogP contribution in [0.15, 0.2) is 36.4 Å². The maximum absolute atomic E-state index is 12.4. The van der Waals surface area contributed by atoms with Crippen LogP contribution in [0.1, 0.15) is 45.7 Å². The number of urea groups is 1. The first-order chi connectivity index (χ1) is 17.7. The van der Waals surface area contributed by atoms with Gasteiger partial charge >= 0.3 is 12.1 Å². The Bertz CT molecular complexity index is 1130. The molecule has 9 nitrogen and oxygen atoms in total. The zero-order valence-electron chi connectivity index (χ0n) is 21.9. The van der Waals surface area contributed by atoms with E-state index in [1.165, 1.54) is 0 Å². The first kappa shape index (κ1) is 25.3. The summed E-state index contributed by atoms with van der Waals surface area (Å²) in [5.41, 5.74) is 2.83. The van der Waals surface area contributed by atoms with E-state index in [2.05, 4.69) is 5.32 Å². The molecule has 3 amide bonds. The Kier molecular flexibility index (Phi) is 6.98. The van der Waals surface area contributed by atoms with E-state index < -0.39 is 5.60 Å². The third-order valence-corrected chi connectivity index (χ3v) is 7.13. The number of carbonyl (C=O) groups is 2. The van der Waals surface area contributed by atoms with Gasteiger partial charge < -0.3 is 29.3 Å². The lowest BCUT2D eigenvalue weighted by atomic mass is 9.84. The summed E-state index contributed by atoms with van der Waals surface area (Å²) in [6.07, 6.45) is 3.03. The summed E-state index contributed by atoms with van der Waals surface area (Å²) in [6, 6.07) is 11.6. The topological polar surface area (TPSA) is 93.2 Å². The summed E-state index contributed by atoms with van der Waals surface area (Å²) in [6.45, 7) is 9.28. The summed E-state index contributed by atoms with van der Waals surface area (Å²) < 4.78 is 17.3. The van der Waals surface area contributed by atoms with Gasteiger partial charge in [-0.1, -0.05) is 12.1 Å². The highest BCUT2D eigenvalue weighted by Crippen LogP contribution is 2.39. The number of aromatic nitrogens is 1. The van der Waals surface area contributed by atoms with Crippen molar-refractivity contribution in [3.05, 3.63) is 42.1 Å². The number of fused-ring (bicyclic) bond motifs is 1. The number of carbonyl (C=O) groups excluding carboxylic acids is 2. The number of piperidine rings is 1. The van der Waals surface area contributed by atoms with Gasteiger partial charge in [0.05, 0.1) is 24.6 Å². The van der Waals surface area contributed by atoms with E-state index in [1.807, 2.05) is 57.2 Å². The van der Waals surface area contributed by atoms with Gasteiger partial charge in [-0.25, -0.2) is 14.6 Å². The highest BCUT2D eigenvalue weighted by molar-refractivity contribution is 5.89. The summed E-state index contributed by atoms with van der Waals surface area (Å²) in [5, 5.41) is 2.95. The molecule has 3 aliphatic rings. The normalized spacial score (nSPS) is 19.1. The van der Waals surface area contributed by atoms with Gasteiger partial charge in [0, 0.05) is 50.3 Å². The number of benzene rings is 1. The van der Waals surface area contributed by atoms with Crippen molar-refractivity contribution in [1.29, 1.82) is 0 Å². The van der Waals surface area contributed by atoms with E-state index in [0.29, 0.717) is 39.4 Å². The lowest BCUT2D eigenvalue weighted by Crippen LogP contribution is -2.52. The van der Waals surface area contributed by atoms with E-state index in [9.17, 15) is 9.59 Å². The maximum Gasteiger partial charge on any atom is 0.410 e. The number of likely N-dealkylation sites (tertiary alicyclic amines) is 1. The van der Waals surface area contributed by atoms with Crippen molar-refractivity contribution in [2.45, 2.75) is 57.7 Å². The summed E-state index contributed by atoms with van der Waals surface area (Å²) >= 11 is 0. The summed E-state index contributed by atoms with van der Waals surface area (Å²) in [4.78, 5) is 33.3. The molecule has 0 atom stereocenters. The van der Waals surface area contributed by atoms with Crippen LogP contribution in [-0.2, 0) is 15.9 Å². The molecule has 4 heterocycles. The number of aryl methyl sites for hydroxylation is 1. The van der Waals surface area contributed by atoms with Gasteiger partial charge in [-0.3, -0.25) is 0 Å². The second kappa shape index (κ2) is 10.2. The van der Waals surface area contributed by atoms with Crippen LogP contribution < -0.4 is 10.1 Å². The molecule has 1 N–H and O–H groups in total. The molecular formula is C28H36N4O5. The van der Waals surface area contributed by atoms with Crippen molar-refractivity contribution < 1.29 is 23.8 Å². The quantitative estimate of drug-likeness (QED) is 0.632. The van der Waals surface area contributed by atoms with Crippen LogP contribution in [0.4, 0.5) is 15.3 Å². The van der Waals surface area contributed by atoms with Gasteiger partial charge in [0.2, 0.25) is 0 Å². The minimum Gasteiger partial charge on any atom is -0.485 e. The molecule has 9 heteroatoms. The molecule has 0 aliphatic carbocycles. The number of amides is 3. The van der Waals surface area contributed by atoms with Crippen molar-refractivity contribution in [1.82, 2.24) is 14.8 Å². The van der Waals surface area contributed by atoms with Crippen LogP contribution in [0.25, 0.3) is 11.3 Å². The lowest BCUT2D eigenvalue weighted by Gasteiger charge is -2.44. The van der Waals surface area contributed by atoms with Gasteiger partial charge in [0.15, 0.2) is 0 Å². The smallest absolute Gasteiger partial charge is 0.410 e. The van der Waals surface area contributed by atoms with E-state index in [1.54, 1.807) is 9.80 Å². The van der Waals surface area contributed by atoms with Crippen molar-refractivity contribution in [3.63, 3.8) is 0 Å². The predicted octanol–water partition coefficient (Wildman–Crippen LogP) is 4.71. The van der Waals surface area contributed by atoms with Crippen LogP contribution in [-0.4, -0.2) is 77.5 Å². The summed E-state index contributed by atoms with van der Waals surface area (Å²) in [7, 11) is 0. The summed E-state index contributed by atoms with van der Waals surface area (Å²) in [5.74, 6) is 0.829. The largest absolute Gasteiger partial charge is 0.485 e. The van der Waals surface area contributed by atoms with Gasteiger partial charge in [0.1, 0.15) is 17.0 Å². The molecule has 0 unspecified atom stereocenters. The molecule has 5 rings (SSSR count). The van der Waals surface area contributed by atoms with Crippen molar-refractivity contribution in [2.75, 3.05) is 44.7 Å². The molecule has 37 heavy (non-hydrogen) atoms. The highest BCUT2D eigenvalue weighted by atomic mass is 16.6. The average Bonchev–Trinajstić information content (AvgIpc) is 2.89. The van der Waals surface area contributed by atoms with Crippen LogP contribution in [0.2, 0.25) is 0 Å². The third kappa shape index (κ3) is 5.98.